The number of carbonyl (C=O) groups excluding carboxylic acids is 1. The van der Waals surface area contributed by atoms with E-state index < -0.39 is 18.0 Å². The lowest BCUT2D eigenvalue weighted by atomic mass is 10.0. The maximum Gasteiger partial charge on any atom is 0.311 e. The van der Waals surface area contributed by atoms with E-state index in [1.54, 1.807) is 6.07 Å². The summed E-state index contributed by atoms with van der Waals surface area (Å²) in [5.41, 5.74) is 0.0148. The molecule has 0 bridgehead atoms. The van der Waals surface area contributed by atoms with Crippen LogP contribution in [-0.2, 0) is 16.0 Å². The molecule has 0 aliphatic rings. The summed E-state index contributed by atoms with van der Waals surface area (Å²) in [4.78, 5) is 14.8. The molecule has 4 nitrogen and oxygen atoms in total. The van der Waals surface area contributed by atoms with Gasteiger partial charge in [-0.3, -0.25) is 9.78 Å². The van der Waals surface area contributed by atoms with E-state index in [4.69, 9.17) is 5.26 Å². The summed E-state index contributed by atoms with van der Waals surface area (Å²) in [6.07, 6.45) is -1.97. The highest BCUT2D eigenvalue weighted by molar-refractivity contribution is 5.72. The van der Waals surface area contributed by atoms with Crippen molar-refractivity contribution in [3.63, 3.8) is 0 Å². The summed E-state index contributed by atoms with van der Waals surface area (Å²) in [6.45, 7) is 1.48. The highest BCUT2D eigenvalue weighted by Gasteiger charge is 2.19. The Hall–Kier alpha value is -2.03. The fraction of sp³-hybridized carbons (Fsp3) is 0.364. The van der Waals surface area contributed by atoms with Gasteiger partial charge in [0.25, 0.3) is 6.43 Å². The second kappa shape index (κ2) is 5.34. The van der Waals surface area contributed by atoms with Crippen molar-refractivity contribution < 1.29 is 18.3 Å². The number of halogens is 2. The Kier molecular flexibility index (Phi) is 4.10. The predicted molar refractivity (Wildman–Crippen MR) is 54.4 cm³/mol. The van der Waals surface area contributed by atoms with Gasteiger partial charge in [0, 0.05) is 6.20 Å². The number of hydrogen-bond donors (Lipinski definition) is 0. The second-order valence-corrected chi connectivity index (χ2v) is 3.33. The van der Waals surface area contributed by atoms with Gasteiger partial charge in [-0.2, -0.15) is 5.26 Å². The van der Waals surface area contributed by atoms with Crippen molar-refractivity contribution in [3.05, 3.63) is 28.6 Å². The Labute approximate surface area is 96.8 Å². The van der Waals surface area contributed by atoms with Crippen LogP contribution in [0.2, 0.25) is 0 Å². The fourth-order valence-electron chi connectivity index (χ4n) is 1.37. The highest BCUT2D eigenvalue weighted by Crippen LogP contribution is 2.25. The van der Waals surface area contributed by atoms with E-state index >= 15 is 0 Å². The number of carbonyl (C=O) groups is 1. The summed E-state index contributed by atoms with van der Waals surface area (Å²) in [7, 11) is 1.22. The first-order valence-electron chi connectivity index (χ1n) is 4.74. The molecule has 17 heavy (non-hydrogen) atoms. The standard InChI is InChI=1S/C11H10F2N2O2/c1-6-7(4-14)8(11(12)13)5-15-9(6)3-10(16)17-2/h5,11H,3H2,1-2H3. The molecule has 1 aromatic heterocycles. The van der Waals surface area contributed by atoms with Crippen LogP contribution in [0.3, 0.4) is 0 Å². The molecule has 0 atom stereocenters. The Bertz CT molecular complexity index is 481. The first-order valence-corrected chi connectivity index (χ1v) is 4.74. The van der Waals surface area contributed by atoms with E-state index in [2.05, 4.69) is 9.72 Å². The Morgan fingerprint density at radius 1 is 1.65 bits per heavy atom. The zero-order valence-electron chi connectivity index (χ0n) is 9.33. The lowest BCUT2D eigenvalue weighted by Gasteiger charge is -2.09. The van der Waals surface area contributed by atoms with Gasteiger partial charge < -0.3 is 4.74 Å². The quantitative estimate of drug-likeness (QED) is 0.757. The normalized spacial score (nSPS) is 10.1. The SMILES string of the molecule is COC(=O)Cc1ncc(C(F)F)c(C#N)c1C. The van der Waals surface area contributed by atoms with Gasteiger partial charge in [0.05, 0.1) is 30.4 Å². The number of aromatic nitrogens is 1. The minimum absolute atomic E-state index is 0.131. The van der Waals surface area contributed by atoms with Gasteiger partial charge in [-0.15, -0.1) is 0 Å². The number of nitriles is 1. The molecule has 0 saturated carbocycles. The Morgan fingerprint density at radius 2 is 2.29 bits per heavy atom. The van der Waals surface area contributed by atoms with Crippen LogP contribution in [0.4, 0.5) is 8.78 Å². The predicted octanol–water partition coefficient (Wildman–Crippen LogP) is 1.91. The number of esters is 1. The van der Waals surface area contributed by atoms with Crippen LogP contribution < -0.4 is 0 Å². The topological polar surface area (TPSA) is 63.0 Å². The summed E-state index contributed by atoms with van der Waals surface area (Å²) in [6, 6.07) is 1.70. The summed E-state index contributed by atoms with van der Waals surface area (Å²) < 4.78 is 29.6. The molecule has 0 unspecified atom stereocenters. The highest BCUT2D eigenvalue weighted by atomic mass is 19.3. The van der Waals surface area contributed by atoms with Gasteiger partial charge in [-0.25, -0.2) is 8.78 Å². The molecule has 6 heteroatoms. The van der Waals surface area contributed by atoms with Crippen molar-refractivity contribution in [3.8, 4) is 6.07 Å². The number of rotatable bonds is 3. The second-order valence-electron chi connectivity index (χ2n) is 3.33. The van der Waals surface area contributed by atoms with Crippen LogP contribution in [0.5, 0.6) is 0 Å². The molecular formula is C11H10F2N2O2. The third-order valence-corrected chi connectivity index (χ3v) is 2.34. The van der Waals surface area contributed by atoms with Crippen LogP contribution in [0.25, 0.3) is 0 Å². The van der Waals surface area contributed by atoms with Crippen molar-refractivity contribution in [2.75, 3.05) is 7.11 Å². The van der Waals surface area contributed by atoms with E-state index in [0.29, 0.717) is 0 Å². The van der Waals surface area contributed by atoms with E-state index in [1.807, 2.05) is 0 Å². The van der Waals surface area contributed by atoms with E-state index in [-0.39, 0.29) is 23.2 Å². The molecule has 0 amide bonds. The Balaban J connectivity index is 3.21. The first-order chi connectivity index (χ1) is 8.01. The molecule has 90 valence electrons. The van der Waals surface area contributed by atoms with Crippen LogP contribution in [-0.4, -0.2) is 18.1 Å². The minimum atomic E-state index is -2.76. The third-order valence-electron chi connectivity index (χ3n) is 2.34. The zero-order valence-corrected chi connectivity index (χ0v) is 9.33. The summed E-state index contributed by atoms with van der Waals surface area (Å²) in [5, 5.41) is 8.84. The van der Waals surface area contributed by atoms with E-state index in [0.717, 1.165) is 6.20 Å². The van der Waals surface area contributed by atoms with Crippen molar-refractivity contribution in [1.82, 2.24) is 4.98 Å². The van der Waals surface area contributed by atoms with E-state index in [1.165, 1.54) is 14.0 Å². The van der Waals surface area contributed by atoms with Crippen LogP contribution in [0.15, 0.2) is 6.20 Å². The van der Waals surface area contributed by atoms with Crippen molar-refractivity contribution in [2.24, 2.45) is 0 Å². The molecule has 0 aromatic carbocycles. The molecule has 0 saturated heterocycles. The number of pyridine rings is 1. The van der Waals surface area contributed by atoms with Gasteiger partial charge in [0.15, 0.2) is 0 Å². The molecule has 1 aromatic rings. The zero-order chi connectivity index (χ0) is 13.0. The van der Waals surface area contributed by atoms with Crippen LogP contribution in [0, 0.1) is 18.3 Å². The Morgan fingerprint density at radius 3 is 2.76 bits per heavy atom. The van der Waals surface area contributed by atoms with Crippen molar-refractivity contribution in [1.29, 1.82) is 5.26 Å². The molecule has 1 heterocycles. The summed E-state index contributed by atoms with van der Waals surface area (Å²) in [5.74, 6) is -0.533. The average molecular weight is 240 g/mol. The van der Waals surface area contributed by atoms with Gasteiger partial charge in [0.1, 0.15) is 6.07 Å². The van der Waals surface area contributed by atoms with E-state index in [9.17, 15) is 13.6 Å². The number of methoxy groups -OCH3 is 1. The molecular weight excluding hydrogens is 230 g/mol. The van der Waals surface area contributed by atoms with Crippen molar-refractivity contribution in [2.45, 2.75) is 19.8 Å². The van der Waals surface area contributed by atoms with Crippen LogP contribution in [0.1, 0.15) is 28.8 Å². The number of hydrogen-bond acceptors (Lipinski definition) is 4. The van der Waals surface area contributed by atoms with Crippen molar-refractivity contribution >= 4 is 5.97 Å². The summed E-state index contributed by atoms with van der Waals surface area (Å²) >= 11 is 0. The maximum absolute atomic E-state index is 12.6. The average Bonchev–Trinajstić information content (AvgIpc) is 2.30. The monoisotopic (exact) mass is 240 g/mol. The first kappa shape index (κ1) is 13.0. The molecule has 0 N–H and O–H groups in total. The van der Waals surface area contributed by atoms with Crippen LogP contribution >= 0.6 is 0 Å². The number of nitrogens with zero attached hydrogens (tertiary/aromatic N) is 2. The number of ether oxygens (including phenoxy) is 1. The lowest BCUT2D eigenvalue weighted by Crippen LogP contribution is -2.10. The largest absolute Gasteiger partial charge is 0.469 e. The maximum atomic E-state index is 12.6. The molecule has 0 aliphatic carbocycles. The molecule has 0 spiro atoms. The molecule has 0 radical (unpaired) electrons. The number of alkyl halides is 2. The van der Waals surface area contributed by atoms with Gasteiger partial charge in [-0.1, -0.05) is 0 Å². The minimum Gasteiger partial charge on any atom is -0.469 e. The third kappa shape index (κ3) is 2.75. The molecule has 0 fully saturated rings. The smallest absolute Gasteiger partial charge is 0.311 e. The lowest BCUT2D eigenvalue weighted by molar-refractivity contribution is -0.139. The van der Waals surface area contributed by atoms with Gasteiger partial charge in [0.2, 0.25) is 0 Å². The van der Waals surface area contributed by atoms with Gasteiger partial charge in [-0.05, 0) is 12.5 Å². The fourth-order valence-corrected chi connectivity index (χ4v) is 1.37. The molecule has 0 aliphatic heterocycles. The molecule has 1 rings (SSSR count). The van der Waals surface area contributed by atoms with Gasteiger partial charge >= 0.3 is 5.97 Å².